The van der Waals surface area contributed by atoms with Gasteiger partial charge in [-0.25, -0.2) is 4.79 Å². The number of hydrogen-bond donors (Lipinski definition) is 14. The number of rotatable bonds is 30. The van der Waals surface area contributed by atoms with E-state index < -0.39 is 103 Å². The quantitative estimate of drug-likeness (QED) is 0.0216. The number of carbonyl (C=O) groups is 9. The molecule has 24 nitrogen and oxygen atoms in total. The number of nitrogens with zero attached hydrogens (tertiary/aromatic N) is 1. The average molecular weight is 969 g/mol. The molecule has 0 bridgehead atoms. The zero-order valence-electron chi connectivity index (χ0n) is 39.3. The second-order valence-electron chi connectivity index (χ2n) is 17.3. The van der Waals surface area contributed by atoms with E-state index in [9.17, 15) is 58.5 Å². The van der Waals surface area contributed by atoms with E-state index in [4.69, 9.17) is 22.9 Å². The standard InChI is InChI=1S/C45H68N12O12/c1-24(2)18-32(56-42(66)33(20-26-7-11-28(58)12-8-26)53-37(61)22-51-39(63)30(46)6-5-17-50-45(48)49)41(65)57-34(21-27-9-13-29(59)14-10-27)43(67)55-31(15-16-36(47)60)40(64)52-23-38(62)54-35(44(68)69)19-25(3)4/h7-14,24-25,30-35,58-59H,5-6,15-23,46H2,1-4H3,(H2,47,60)(H,51,63)(H,52,64)(H,53,61)(H,54,62)(H,55,67)(H,56,66)(H,57,65)(H,68,69)(H4,48,49,50)/t30-,31-,32-,33-,34-,35-/m0/s1. The molecule has 0 spiro atoms. The molecule has 2 aromatic rings. The number of amides is 8. The van der Waals surface area contributed by atoms with Crippen molar-refractivity contribution in [2.24, 2.45) is 39.8 Å². The van der Waals surface area contributed by atoms with E-state index in [0.29, 0.717) is 17.5 Å². The van der Waals surface area contributed by atoms with Crippen LogP contribution in [0.5, 0.6) is 11.5 Å². The first kappa shape index (κ1) is 57.6. The molecule has 2 aromatic carbocycles. The van der Waals surface area contributed by atoms with Crippen molar-refractivity contribution >= 4 is 59.2 Å². The third-order valence-electron chi connectivity index (χ3n) is 10.2. The number of aliphatic carboxylic acids is 1. The summed E-state index contributed by atoms with van der Waals surface area (Å²) < 4.78 is 0. The Kier molecular flexibility index (Phi) is 24.5. The molecule has 0 aromatic heterocycles. The smallest absolute Gasteiger partial charge is 0.326 e. The average Bonchev–Trinajstić information content (AvgIpc) is 3.27. The maximum Gasteiger partial charge on any atom is 0.326 e. The van der Waals surface area contributed by atoms with Crippen LogP contribution in [0.25, 0.3) is 0 Å². The van der Waals surface area contributed by atoms with Gasteiger partial charge in [0.2, 0.25) is 47.3 Å². The van der Waals surface area contributed by atoms with Crippen LogP contribution in [0.4, 0.5) is 0 Å². The van der Waals surface area contributed by atoms with E-state index in [0.717, 1.165) is 0 Å². The lowest BCUT2D eigenvalue weighted by Gasteiger charge is -2.27. The fourth-order valence-electron chi connectivity index (χ4n) is 6.65. The number of carbonyl (C=O) groups excluding carboxylic acids is 8. The summed E-state index contributed by atoms with van der Waals surface area (Å²) in [6, 6.07) is 3.57. The predicted octanol–water partition coefficient (Wildman–Crippen LogP) is -2.64. The Morgan fingerprint density at radius 3 is 1.43 bits per heavy atom. The minimum Gasteiger partial charge on any atom is -0.508 e. The van der Waals surface area contributed by atoms with Crippen LogP contribution in [0.1, 0.15) is 77.3 Å². The molecule has 69 heavy (non-hydrogen) atoms. The number of benzene rings is 2. The molecular weight excluding hydrogens is 901 g/mol. The first-order chi connectivity index (χ1) is 32.4. The molecule has 0 aliphatic carbocycles. The van der Waals surface area contributed by atoms with Crippen LogP contribution >= 0.6 is 0 Å². The molecule has 2 rings (SSSR count). The number of nitrogens with one attached hydrogen (secondary N) is 7. The molecule has 6 atom stereocenters. The SMILES string of the molecule is CC(C)C[C@H](NC(=O)CNC(=O)[C@H](CCC(N)=O)NC(=O)[C@H](Cc1ccc(O)cc1)NC(=O)[C@H](CC(C)C)NC(=O)[C@H](Cc1ccc(O)cc1)NC(=O)CNC(=O)[C@@H](N)CCCN=C(N)N)C(=O)O. The maximum atomic E-state index is 14.2. The molecule has 0 unspecified atom stereocenters. The molecule has 0 saturated carbocycles. The molecule has 0 aliphatic rings. The number of aliphatic imine (C=N–C) groups is 1. The Morgan fingerprint density at radius 1 is 0.551 bits per heavy atom. The van der Waals surface area contributed by atoms with E-state index in [-0.39, 0.29) is 80.8 Å². The van der Waals surface area contributed by atoms with Crippen molar-refractivity contribution in [1.29, 1.82) is 0 Å². The zero-order valence-corrected chi connectivity index (χ0v) is 39.3. The molecule has 24 heteroatoms. The molecule has 8 amide bonds. The lowest BCUT2D eigenvalue weighted by Crippen LogP contribution is -2.59. The van der Waals surface area contributed by atoms with Crippen LogP contribution in [0.3, 0.4) is 0 Å². The number of carboxylic acids is 1. The molecule has 0 radical (unpaired) electrons. The van der Waals surface area contributed by atoms with Gasteiger partial charge in [-0.05, 0) is 79.3 Å². The summed E-state index contributed by atoms with van der Waals surface area (Å²) in [6.45, 7) is 6.04. The Bertz CT molecular complexity index is 2100. The number of aromatic hydroxyl groups is 2. The van der Waals surface area contributed by atoms with Gasteiger partial charge in [0.1, 0.15) is 41.7 Å². The van der Waals surface area contributed by atoms with Gasteiger partial charge >= 0.3 is 5.97 Å². The summed E-state index contributed by atoms with van der Waals surface area (Å²) >= 11 is 0. The monoisotopic (exact) mass is 969 g/mol. The lowest BCUT2D eigenvalue weighted by atomic mass is 9.99. The van der Waals surface area contributed by atoms with Crippen LogP contribution in [0.15, 0.2) is 53.5 Å². The fourth-order valence-corrected chi connectivity index (χ4v) is 6.65. The Labute approximate surface area is 399 Å². The van der Waals surface area contributed by atoms with Gasteiger partial charge in [-0.15, -0.1) is 0 Å². The number of primary amides is 1. The highest BCUT2D eigenvalue weighted by Gasteiger charge is 2.33. The summed E-state index contributed by atoms with van der Waals surface area (Å²) in [6.07, 6.45) is -0.353. The largest absolute Gasteiger partial charge is 0.508 e. The van der Waals surface area contributed by atoms with Gasteiger partial charge in [0.15, 0.2) is 5.96 Å². The predicted molar refractivity (Wildman–Crippen MR) is 252 cm³/mol. The second kappa shape index (κ2) is 29.3. The Hall–Kier alpha value is -7.50. The Balaban J connectivity index is 2.37. The van der Waals surface area contributed by atoms with Crippen molar-refractivity contribution in [1.82, 2.24) is 37.2 Å². The molecule has 0 fully saturated rings. The molecule has 0 heterocycles. The minimum atomic E-state index is -1.49. The van der Waals surface area contributed by atoms with Crippen molar-refractivity contribution in [2.45, 2.75) is 115 Å². The summed E-state index contributed by atoms with van der Waals surface area (Å²) in [4.78, 5) is 122. The van der Waals surface area contributed by atoms with Crippen molar-refractivity contribution < 1.29 is 58.5 Å². The Morgan fingerprint density at radius 2 is 0.971 bits per heavy atom. The van der Waals surface area contributed by atoms with E-state index in [1.54, 1.807) is 27.7 Å². The third-order valence-corrected chi connectivity index (χ3v) is 10.2. The number of hydrogen-bond acceptors (Lipinski definition) is 13. The molecule has 18 N–H and O–H groups in total. The van der Waals surface area contributed by atoms with Crippen LogP contribution < -0.4 is 60.2 Å². The van der Waals surface area contributed by atoms with Gasteiger partial charge < -0.3 is 75.5 Å². The first-order valence-corrected chi connectivity index (χ1v) is 22.4. The van der Waals surface area contributed by atoms with E-state index >= 15 is 0 Å². The number of guanidine groups is 1. The highest BCUT2D eigenvalue weighted by atomic mass is 16.4. The topological polar surface area (TPSA) is 415 Å². The van der Waals surface area contributed by atoms with E-state index in [1.165, 1.54) is 48.5 Å². The molecule has 380 valence electrons. The summed E-state index contributed by atoms with van der Waals surface area (Å²) in [7, 11) is 0. The van der Waals surface area contributed by atoms with Gasteiger partial charge in [0.05, 0.1) is 19.1 Å². The fraction of sp³-hybridized carbons (Fsp3) is 0.511. The van der Waals surface area contributed by atoms with Crippen LogP contribution in [0.2, 0.25) is 0 Å². The minimum absolute atomic E-state index is 0.0216. The second-order valence-corrected chi connectivity index (χ2v) is 17.3. The highest BCUT2D eigenvalue weighted by Crippen LogP contribution is 2.15. The maximum absolute atomic E-state index is 14.2. The first-order valence-electron chi connectivity index (χ1n) is 22.4. The lowest BCUT2D eigenvalue weighted by molar-refractivity contribution is -0.142. The van der Waals surface area contributed by atoms with Crippen molar-refractivity contribution in [2.75, 3.05) is 19.6 Å². The van der Waals surface area contributed by atoms with Gasteiger partial charge in [-0.2, -0.15) is 0 Å². The van der Waals surface area contributed by atoms with Crippen LogP contribution in [-0.4, -0.2) is 130 Å². The van der Waals surface area contributed by atoms with Gasteiger partial charge in [0.25, 0.3) is 0 Å². The molecule has 0 saturated heterocycles. The number of phenols is 2. The van der Waals surface area contributed by atoms with Crippen LogP contribution in [0, 0.1) is 11.8 Å². The normalized spacial score (nSPS) is 13.6. The third kappa shape index (κ3) is 23.2. The van der Waals surface area contributed by atoms with E-state index in [1.807, 2.05) is 0 Å². The summed E-state index contributed by atoms with van der Waals surface area (Å²) in [5, 5.41) is 46.7. The zero-order chi connectivity index (χ0) is 51.8. The number of phenolic OH excluding ortho intramolecular Hbond substituents is 2. The van der Waals surface area contributed by atoms with E-state index in [2.05, 4.69) is 42.2 Å². The number of nitrogens with two attached hydrogens (primary N) is 4. The van der Waals surface area contributed by atoms with Crippen molar-refractivity contribution in [3.63, 3.8) is 0 Å². The molecular formula is C45H68N12O12. The number of carboxylic acid groups (broad SMARTS) is 1. The summed E-state index contributed by atoms with van der Waals surface area (Å²) in [5.41, 5.74) is 22.9. The van der Waals surface area contributed by atoms with Crippen LogP contribution in [-0.2, 0) is 56.0 Å². The van der Waals surface area contributed by atoms with Gasteiger partial charge in [0, 0.05) is 25.8 Å². The molecule has 0 aliphatic heterocycles. The summed E-state index contributed by atoms with van der Waals surface area (Å²) in [5.74, 6) is -8.49. The van der Waals surface area contributed by atoms with Gasteiger partial charge in [-0.3, -0.25) is 43.3 Å². The van der Waals surface area contributed by atoms with Crippen molar-refractivity contribution in [3.05, 3.63) is 59.7 Å². The highest BCUT2D eigenvalue weighted by molar-refractivity contribution is 5.97. The van der Waals surface area contributed by atoms with Crippen molar-refractivity contribution in [3.8, 4) is 11.5 Å². The van der Waals surface area contributed by atoms with Gasteiger partial charge in [-0.1, -0.05) is 52.0 Å².